The minimum Gasteiger partial charge on any atom is -0.457 e. The summed E-state index contributed by atoms with van der Waals surface area (Å²) in [6.45, 7) is 4.15. The molecule has 1 aliphatic heterocycles. The van der Waals surface area contributed by atoms with Gasteiger partial charge in [0, 0.05) is 24.4 Å². The lowest BCUT2D eigenvalue weighted by atomic mass is 9.69. The minimum atomic E-state index is -0.378. The van der Waals surface area contributed by atoms with Gasteiger partial charge in [0.15, 0.2) is 0 Å². The SMILES string of the molecule is CC1(C)OC(N)=NC12CCc1c(cccc1-c1cnccn1)C2. The van der Waals surface area contributed by atoms with E-state index in [9.17, 15) is 0 Å². The zero-order valence-electron chi connectivity index (χ0n) is 13.4. The molecule has 0 saturated heterocycles. The molecule has 2 aromatic rings. The van der Waals surface area contributed by atoms with Crippen LogP contribution in [0.5, 0.6) is 0 Å². The fourth-order valence-corrected chi connectivity index (χ4v) is 3.84. The van der Waals surface area contributed by atoms with Crippen LogP contribution in [0.3, 0.4) is 0 Å². The Labute approximate surface area is 135 Å². The van der Waals surface area contributed by atoms with Gasteiger partial charge in [-0.1, -0.05) is 18.2 Å². The predicted octanol–water partition coefficient (Wildman–Crippen LogP) is 2.49. The molecule has 1 unspecified atom stereocenters. The molecule has 0 fully saturated rings. The lowest BCUT2D eigenvalue weighted by Gasteiger charge is -2.41. The summed E-state index contributed by atoms with van der Waals surface area (Å²) in [7, 11) is 0. The smallest absolute Gasteiger partial charge is 0.283 e. The highest BCUT2D eigenvalue weighted by Gasteiger charge is 2.53. The van der Waals surface area contributed by atoms with Crippen LogP contribution in [0.1, 0.15) is 31.4 Å². The van der Waals surface area contributed by atoms with Crippen molar-refractivity contribution in [2.45, 2.75) is 44.2 Å². The summed E-state index contributed by atoms with van der Waals surface area (Å²) < 4.78 is 5.78. The van der Waals surface area contributed by atoms with Crippen LogP contribution in [0, 0.1) is 0 Å². The third-order valence-corrected chi connectivity index (χ3v) is 5.19. The van der Waals surface area contributed by atoms with Crippen molar-refractivity contribution in [3.8, 4) is 11.3 Å². The first-order chi connectivity index (χ1) is 11.0. The number of rotatable bonds is 1. The maximum atomic E-state index is 5.87. The summed E-state index contributed by atoms with van der Waals surface area (Å²) in [5, 5.41) is 0. The van der Waals surface area contributed by atoms with Crippen LogP contribution in [0.15, 0.2) is 41.8 Å². The number of nitrogens with zero attached hydrogens (tertiary/aromatic N) is 3. The minimum absolute atomic E-state index is 0.273. The Balaban J connectivity index is 1.78. The molecule has 1 aromatic carbocycles. The molecule has 1 atom stereocenters. The summed E-state index contributed by atoms with van der Waals surface area (Å²) in [4.78, 5) is 13.3. The molecule has 118 valence electrons. The van der Waals surface area contributed by atoms with E-state index in [-0.39, 0.29) is 11.1 Å². The average Bonchev–Trinajstić information content (AvgIpc) is 2.75. The third kappa shape index (κ3) is 2.11. The molecular formula is C18H20N4O. The fourth-order valence-electron chi connectivity index (χ4n) is 3.84. The van der Waals surface area contributed by atoms with Crippen LogP contribution in [0.25, 0.3) is 11.3 Å². The molecule has 5 heteroatoms. The number of fused-ring (bicyclic) bond motifs is 1. The summed E-state index contributed by atoms with van der Waals surface area (Å²) in [5.74, 6) is 0. The number of benzene rings is 1. The maximum Gasteiger partial charge on any atom is 0.283 e. The number of amidine groups is 1. The molecule has 1 aromatic heterocycles. The van der Waals surface area contributed by atoms with Gasteiger partial charge in [0.05, 0.1) is 11.9 Å². The largest absolute Gasteiger partial charge is 0.457 e. The van der Waals surface area contributed by atoms with E-state index in [0.717, 1.165) is 25.0 Å². The summed E-state index contributed by atoms with van der Waals surface area (Å²) in [5.41, 5.74) is 9.95. The van der Waals surface area contributed by atoms with Crippen molar-refractivity contribution in [1.82, 2.24) is 9.97 Å². The van der Waals surface area contributed by atoms with E-state index >= 15 is 0 Å². The van der Waals surface area contributed by atoms with Gasteiger partial charge in [0.2, 0.25) is 0 Å². The van der Waals surface area contributed by atoms with E-state index in [0.29, 0.717) is 6.02 Å². The molecule has 2 N–H and O–H groups in total. The van der Waals surface area contributed by atoms with Gasteiger partial charge >= 0.3 is 0 Å². The zero-order valence-corrected chi connectivity index (χ0v) is 13.4. The van der Waals surface area contributed by atoms with Crippen molar-refractivity contribution in [2.24, 2.45) is 10.7 Å². The van der Waals surface area contributed by atoms with E-state index < -0.39 is 0 Å². The standard InChI is InChI=1S/C18H20N4O/c1-17(2)18(22-16(19)23-17)7-6-13-12(10-18)4-3-5-14(13)15-11-20-8-9-21-15/h3-5,8-9,11H,6-7,10H2,1-2H3,(H2,19,22). The van der Waals surface area contributed by atoms with Gasteiger partial charge in [-0.2, -0.15) is 0 Å². The van der Waals surface area contributed by atoms with E-state index in [1.54, 1.807) is 12.4 Å². The van der Waals surface area contributed by atoms with E-state index in [2.05, 4.69) is 47.0 Å². The van der Waals surface area contributed by atoms with Crippen molar-refractivity contribution < 1.29 is 4.74 Å². The van der Waals surface area contributed by atoms with Crippen molar-refractivity contribution in [3.05, 3.63) is 47.9 Å². The second kappa shape index (κ2) is 4.78. The monoisotopic (exact) mass is 308 g/mol. The molecule has 5 nitrogen and oxygen atoms in total. The first-order valence-electron chi connectivity index (χ1n) is 7.92. The molecule has 1 spiro atoms. The molecule has 0 amide bonds. The van der Waals surface area contributed by atoms with Crippen LogP contribution in [-0.4, -0.2) is 27.1 Å². The van der Waals surface area contributed by atoms with Crippen LogP contribution in [0.2, 0.25) is 0 Å². The van der Waals surface area contributed by atoms with Crippen molar-refractivity contribution in [1.29, 1.82) is 0 Å². The first kappa shape index (κ1) is 14.2. The Morgan fingerprint density at radius 3 is 2.78 bits per heavy atom. The molecular weight excluding hydrogens is 288 g/mol. The van der Waals surface area contributed by atoms with Crippen LogP contribution in [-0.2, 0) is 17.6 Å². The van der Waals surface area contributed by atoms with Gasteiger partial charge in [-0.25, -0.2) is 4.99 Å². The quantitative estimate of drug-likeness (QED) is 0.878. The Hall–Kier alpha value is -2.43. The van der Waals surface area contributed by atoms with E-state index in [1.807, 2.05) is 6.20 Å². The normalized spacial score (nSPS) is 24.9. The molecule has 0 bridgehead atoms. The van der Waals surface area contributed by atoms with Crippen LogP contribution in [0.4, 0.5) is 0 Å². The summed E-state index contributed by atoms with van der Waals surface area (Å²) in [6.07, 6.45) is 7.95. The maximum absolute atomic E-state index is 5.87. The molecule has 0 saturated carbocycles. The van der Waals surface area contributed by atoms with Gasteiger partial charge in [0.25, 0.3) is 6.02 Å². The first-order valence-corrected chi connectivity index (χ1v) is 7.92. The highest BCUT2D eigenvalue weighted by molar-refractivity contribution is 5.75. The predicted molar refractivity (Wildman–Crippen MR) is 89.0 cm³/mol. The van der Waals surface area contributed by atoms with Crippen LogP contribution < -0.4 is 5.73 Å². The van der Waals surface area contributed by atoms with Gasteiger partial charge in [0.1, 0.15) is 11.1 Å². The molecule has 2 heterocycles. The zero-order chi connectivity index (χ0) is 16.1. The second-order valence-electron chi connectivity index (χ2n) is 6.80. The second-order valence-corrected chi connectivity index (χ2v) is 6.80. The number of hydrogen-bond donors (Lipinski definition) is 1. The molecule has 1 aliphatic carbocycles. The lowest BCUT2D eigenvalue weighted by molar-refractivity contribution is 0.0357. The third-order valence-electron chi connectivity index (χ3n) is 5.19. The topological polar surface area (TPSA) is 73.4 Å². The van der Waals surface area contributed by atoms with E-state index in [4.69, 9.17) is 10.5 Å². The van der Waals surface area contributed by atoms with Gasteiger partial charge in [-0.05, 0) is 37.8 Å². The van der Waals surface area contributed by atoms with Gasteiger partial charge < -0.3 is 10.5 Å². The van der Waals surface area contributed by atoms with Gasteiger partial charge in [-0.3, -0.25) is 9.97 Å². The average molecular weight is 308 g/mol. The summed E-state index contributed by atoms with van der Waals surface area (Å²) in [6, 6.07) is 6.69. The molecule has 0 radical (unpaired) electrons. The molecule has 23 heavy (non-hydrogen) atoms. The van der Waals surface area contributed by atoms with E-state index in [1.165, 1.54) is 16.7 Å². The fraction of sp³-hybridized carbons (Fsp3) is 0.389. The Bertz CT molecular complexity index is 785. The van der Waals surface area contributed by atoms with Crippen LogP contribution >= 0.6 is 0 Å². The van der Waals surface area contributed by atoms with Gasteiger partial charge in [-0.15, -0.1) is 0 Å². The number of ether oxygens (including phenoxy) is 1. The Morgan fingerprint density at radius 2 is 2.09 bits per heavy atom. The summed E-state index contributed by atoms with van der Waals surface area (Å²) >= 11 is 0. The Kier molecular flexibility index (Phi) is 2.95. The highest BCUT2D eigenvalue weighted by atomic mass is 16.5. The number of nitrogens with two attached hydrogens (primary N) is 1. The molecule has 4 rings (SSSR count). The van der Waals surface area contributed by atoms with Crippen molar-refractivity contribution >= 4 is 6.02 Å². The van der Waals surface area contributed by atoms with Crippen molar-refractivity contribution in [3.63, 3.8) is 0 Å². The number of hydrogen-bond acceptors (Lipinski definition) is 5. The van der Waals surface area contributed by atoms with Crippen molar-refractivity contribution in [2.75, 3.05) is 0 Å². The molecule has 2 aliphatic rings. The number of aliphatic imine (C=N–C) groups is 1. The highest BCUT2D eigenvalue weighted by Crippen LogP contribution is 2.45. The lowest BCUT2D eigenvalue weighted by Crippen LogP contribution is -2.50. The Morgan fingerprint density at radius 1 is 1.22 bits per heavy atom. The number of aromatic nitrogens is 2.